The fourth-order valence-electron chi connectivity index (χ4n) is 2.92. The average molecular weight is 325 g/mol. The molecule has 124 valence electrons. The van der Waals surface area contributed by atoms with Gasteiger partial charge in [0.05, 0.1) is 23.6 Å². The van der Waals surface area contributed by atoms with Crippen LogP contribution in [0.1, 0.15) is 17.6 Å². The van der Waals surface area contributed by atoms with E-state index < -0.39 is 0 Å². The molecule has 1 N–H and O–H groups in total. The summed E-state index contributed by atoms with van der Waals surface area (Å²) in [4.78, 5) is 11.4. The third-order valence-corrected chi connectivity index (χ3v) is 4.34. The van der Waals surface area contributed by atoms with Crippen LogP contribution in [0.3, 0.4) is 0 Å². The summed E-state index contributed by atoms with van der Waals surface area (Å²) in [6.07, 6.45) is 1.64. The van der Waals surface area contributed by atoms with Crippen molar-refractivity contribution in [2.24, 2.45) is 0 Å². The van der Waals surface area contributed by atoms with Gasteiger partial charge in [-0.3, -0.25) is 4.90 Å². The number of hydrogen-bond donors (Lipinski definition) is 1. The lowest BCUT2D eigenvalue weighted by molar-refractivity contribution is 0.190. The maximum atomic E-state index is 5.48. The minimum absolute atomic E-state index is 0.131. The molecule has 1 saturated heterocycles. The third-order valence-electron chi connectivity index (χ3n) is 4.34. The highest BCUT2D eigenvalue weighted by Crippen LogP contribution is 2.27. The van der Waals surface area contributed by atoms with E-state index in [0.717, 1.165) is 42.3 Å². The van der Waals surface area contributed by atoms with Crippen molar-refractivity contribution in [3.8, 4) is 22.9 Å². The Labute approximate surface area is 139 Å². The van der Waals surface area contributed by atoms with Crippen molar-refractivity contribution in [2.75, 3.05) is 26.7 Å². The van der Waals surface area contributed by atoms with E-state index in [0.29, 0.717) is 11.7 Å². The summed E-state index contributed by atoms with van der Waals surface area (Å²) in [5, 5.41) is 7.53. The van der Waals surface area contributed by atoms with E-state index in [2.05, 4.69) is 32.4 Å². The lowest BCUT2D eigenvalue weighted by Crippen LogP contribution is -2.44. The monoisotopic (exact) mass is 325 g/mol. The average Bonchev–Trinajstić information content (AvgIpc) is 3.27. The van der Waals surface area contributed by atoms with Gasteiger partial charge in [0, 0.05) is 19.6 Å². The van der Waals surface area contributed by atoms with Crippen molar-refractivity contribution < 1.29 is 8.94 Å². The van der Waals surface area contributed by atoms with Crippen molar-refractivity contribution in [3.63, 3.8) is 0 Å². The summed E-state index contributed by atoms with van der Waals surface area (Å²) in [6.45, 7) is 4.70. The third kappa shape index (κ3) is 2.72. The van der Waals surface area contributed by atoms with E-state index >= 15 is 0 Å². The molecule has 7 nitrogen and oxygen atoms in total. The first-order valence-electron chi connectivity index (χ1n) is 7.99. The standard InChI is InChI=1S/C17H19N5O2/c1-11-12(5-6-13(19-11)15-4-3-9-23-15)17-20-16(21-24-17)14-10-18-7-8-22(14)2/h3-6,9,14,18H,7-8,10H2,1-2H3. The second kappa shape index (κ2) is 6.18. The Bertz CT molecular complexity index is 827. The van der Waals surface area contributed by atoms with Crippen LogP contribution in [0.2, 0.25) is 0 Å². The molecular formula is C17H19N5O2. The number of hydrogen-bond acceptors (Lipinski definition) is 7. The molecule has 1 unspecified atom stereocenters. The van der Waals surface area contributed by atoms with E-state index in [4.69, 9.17) is 8.94 Å². The van der Waals surface area contributed by atoms with Gasteiger partial charge in [-0.25, -0.2) is 4.98 Å². The van der Waals surface area contributed by atoms with Crippen LogP contribution in [0, 0.1) is 6.92 Å². The molecule has 4 heterocycles. The van der Waals surface area contributed by atoms with Gasteiger partial charge in [0.15, 0.2) is 11.6 Å². The molecule has 24 heavy (non-hydrogen) atoms. The Balaban J connectivity index is 1.62. The second-order valence-electron chi connectivity index (χ2n) is 5.97. The lowest BCUT2D eigenvalue weighted by atomic mass is 10.1. The molecule has 0 saturated carbocycles. The SMILES string of the molecule is Cc1nc(-c2ccco2)ccc1-c1nc(C2CNCCN2C)no1. The first kappa shape index (κ1) is 15.0. The highest BCUT2D eigenvalue weighted by atomic mass is 16.5. The van der Waals surface area contributed by atoms with Crippen LogP contribution < -0.4 is 5.32 Å². The van der Waals surface area contributed by atoms with Crippen LogP contribution in [-0.2, 0) is 0 Å². The Kier molecular flexibility index (Phi) is 3.87. The summed E-state index contributed by atoms with van der Waals surface area (Å²) in [5.41, 5.74) is 2.46. The molecule has 0 aromatic carbocycles. The number of aromatic nitrogens is 3. The van der Waals surface area contributed by atoms with Crippen molar-refractivity contribution in [2.45, 2.75) is 13.0 Å². The smallest absolute Gasteiger partial charge is 0.259 e. The van der Waals surface area contributed by atoms with Crippen molar-refractivity contribution in [1.82, 2.24) is 25.3 Å². The minimum Gasteiger partial charge on any atom is -0.463 e. The van der Waals surface area contributed by atoms with Crippen molar-refractivity contribution >= 4 is 0 Å². The molecule has 4 rings (SSSR count). The minimum atomic E-state index is 0.131. The van der Waals surface area contributed by atoms with Gasteiger partial charge >= 0.3 is 0 Å². The number of nitrogens with one attached hydrogen (secondary N) is 1. The summed E-state index contributed by atoms with van der Waals surface area (Å²) >= 11 is 0. The first-order chi connectivity index (χ1) is 11.7. The number of pyridine rings is 1. The normalized spacial score (nSPS) is 18.8. The zero-order valence-corrected chi connectivity index (χ0v) is 13.7. The fourth-order valence-corrected chi connectivity index (χ4v) is 2.92. The quantitative estimate of drug-likeness (QED) is 0.791. The molecule has 1 aliphatic heterocycles. The van der Waals surface area contributed by atoms with Gasteiger partial charge in [-0.15, -0.1) is 0 Å². The second-order valence-corrected chi connectivity index (χ2v) is 5.97. The van der Waals surface area contributed by atoms with Gasteiger partial charge in [0.25, 0.3) is 5.89 Å². The highest BCUT2D eigenvalue weighted by Gasteiger charge is 2.26. The predicted molar refractivity (Wildman–Crippen MR) is 88.2 cm³/mol. The number of aryl methyl sites for hydroxylation is 1. The molecule has 1 fully saturated rings. The summed E-state index contributed by atoms with van der Waals surface area (Å²) < 4.78 is 10.9. The van der Waals surface area contributed by atoms with Gasteiger partial charge < -0.3 is 14.3 Å². The molecular weight excluding hydrogens is 306 g/mol. The van der Waals surface area contributed by atoms with Gasteiger partial charge in [-0.1, -0.05) is 5.16 Å². The van der Waals surface area contributed by atoms with Crippen molar-refractivity contribution in [3.05, 3.63) is 42.0 Å². The number of rotatable bonds is 3. The van der Waals surface area contributed by atoms with Crippen LogP contribution >= 0.6 is 0 Å². The van der Waals surface area contributed by atoms with Gasteiger partial charge in [-0.05, 0) is 38.2 Å². The maximum Gasteiger partial charge on any atom is 0.259 e. The lowest BCUT2D eigenvalue weighted by Gasteiger charge is -2.30. The number of nitrogens with zero attached hydrogens (tertiary/aromatic N) is 4. The van der Waals surface area contributed by atoms with Crippen LogP contribution in [0.5, 0.6) is 0 Å². The van der Waals surface area contributed by atoms with E-state index in [1.807, 2.05) is 31.2 Å². The Morgan fingerprint density at radius 1 is 1.25 bits per heavy atom. The van der Waals surface area contributed by atoms with E-state index in [1.165, 1.54) is 0 Å². The Morgan fingerprint density at radius 2 is 2.17 bits per heavy atom. The van der Waals surface area contributed by atoms with Crippen LogP contribution in [0.4, 0.5) is 0 Å². The number of likely N-dealkylation sites (N-methyl/N-ethyl adjacent to an activating group) is 1. The summed E-state index contributed by atoms with van der Waals surface area (Å²) in [5.74, 6) is 1.94. The zero-order chi connectivity index (χ0) is 16.5. The van der Waals surface area contributed by atoms with Crippen LogP contribution in [0.25, 0.3) is 22.9 Å². The van der Waals surface area contributed by atoms with Crippen molar-refractivity contribution in [1.29, 1.82) is 0 Å². The molecule has 1 aliphatic rings. The summed E-state index contributed by atoms with van der Waals surface area (Å²) in [7, 11) is 2.08. The molecule has 0 bridgehead atoms. The molecule has 0 spiro atoms. The molecule has 0 radical (unpaired) electrons. The Morgan fingerprint density at radius 3 is 2.92 bits per heavy atom. The van der Waals surface area contributed by atoms with Crippen LogP contribution in [-0.4, -0.2) is 46.7 Å². The first-order valence-corrected chi connectivity index (χ1v) is 7.99. The molecule has 0 amide bonds. The predicted octanol–water partition coefficient (Wildman–Crippen LogP) is 2.28. The fraction of sp³-hybridized carbons (Fsp3) is 0.353. The molecule has 1 atom stereocenters. The van der Waals surface area contributed by atoms with Gasteiger partial charge in [0.2, 0.25) is 0 Å². The highest BCUT2D eigenvalue weighted by molar-refractivity contribution is 5.61. The summed E-state index contributed by atoms with van der Waals surface area (Å²) in [6, 6.07) is 7.71. The zero-order valence-electron chi connectivity index (χ0n) is 13.7. The Hall–Kier alpha value is -2.51. The van der Waals surface area contributed by atoms with E-state index in [-0.39, 0.29) is 6.04 Å². The maximum absolute atomic E-state index is 5.48. The molecule has 7 heteroatoms. The number of furan rings is 1. The largest absolute Gasteiger partial charge is 0.463 e. The van der Waals surface area contributed by atoms with Crippen LogP contribution in [0.15, 0.2) is 39.5 Å². The number of piperazine rings is 1. The molecule has 0 aliphatic carbocycles. The van der Waals surface area contributed by atoms with Gasteiger partial charge in [-0.2, -0.15) is 4.98 Å². The van der Waals surface area contributed by atoms with E-state index in [9.17, 15) is 0 Å². The van der Waals surface area contributed by atoms with E-state index in [1.54, 1.807) is 6.26 Å². The molecule has 3 aromatic heterocycles. The van der Waals surface area contributed by atoms with Gasteiger partial charge in [0.1, 0.15) is 5.69 Å². The molecule has 3 aromatic rings. The topological polar surface area (TPSA) is 80.2 Å².